The van der Waals surface area contributed by atoms with Crippen LogP contribution in [-0.4, -0.2) is 30.5 Å². The molecule has 0 amide bonds. The quantitative estimate of drug-likeness (QED) is 0.264. The van der Waals surface area contributed by atoms with Gasteiger partial charge in [-0.15, -0.1) is 0 Å². The Hall–Kier alpha value is -2.77. The molecule has 0 radical (unpaired) electrons. The van der Waals surface area contributed by atoms with E-state index in [0.717, 1.165) is 12.8 Å². The van der Waals surface area contributed by atoms with Crippen LogP contribution in [-0.2, 0) is 15.6 Å². The molecule has 2 unspecified atom stereocenters. The van der Waals surface area contributed by atoms with Crippen molar-refractivity contribution in [1.82, 2.24) is 0 Å². The summed E-state index contributed by atoms with van der Waals surface area (Å²) in [4.78, 5) is 12.9. The van der Waals surface area contributed by atoms with E-state index in [4.69, 9.17) is 30.5 Å². The van der Waals surface area contributed by atoms with Crippen LogP contribution >= 0.6 is 11.6 Å². The van der Waals surface area contributed by atoms with Gasteiger partial charge in [0, 0.05) is 22.6 Å². The zero-order chi connectivity index (χ0) is 24.1. The van der Waals surface area contributed by atoms with Crippen LogP contribution in [0.2, 0.25) is 5.02 Å². The van der Waals surface area contributed by atoms with Gasteiger partial charge in [0.05, 0.1) is 41.0 Å². The Morgan fingerprint density at radius 2 is 1.67 bits per heavy atom. The average molecular weight is 491 g/mol. The molecule has 0 N–H and O–H groups in total. The molecule has 6 nitrogen and oxygen atoms in total. The van der Waals surface area contributed by atoms with E-state index in [1.807, 2.05) is 6.92 Å². The molecule has 0 aliphatic heterocycles. The van der Waals surface area contributed by atoms with Crippen LogP contribution < -0.4 is 18.9 Å². The third-order valence-corrected chi connectivity index (χ3v) is 6.90. The van der Waals surface area contributed by atoms with E-state index in [-0.39, 0.29) is 17.6 Å². The summed E-state index contributed by atoms with van der Waals surface area (Å²) in [5.41, 5.74) is 0. The zero-order valence-corrected chi connectivity index (χ0v) is 20.8. The first-order valence-corrected chi connectivity index (χ1v) is 12.1. The van der Waals surface area contributed by atoms with Gasteiger partial charge in [-0.3, -0.25) is 4.79 Å². The van der Waals surface area contributed by atoms with Crippen LogP contribution in [0, 0.1) is 0 Å². The summed E-state index contributed by atoms with van der Waals surface area (Å²) in [7, 11) is 1.40. The van der Waals surface area contributed by atoms with Crippen LogP contribution in [0.15, 0.2) is 52.3 Å². The normalized spacial score (nSPS) is 12.8. The summed E-state index contributed by atoms with van der Waals surface area (Å²) in [5.74, 6) is 0.660. The first-order valence-electron chi connectivity index (χ1n) is 10.5. The molecular formula is C25H27ClO6S. The lowest BCUT2D eigenvalue weighted by Gasteiger charge is -2.22. The highest BCUT2D eigenvalue weighted by Gasteiger charge is 2.27. The maximum absolute atomic E-state index is 13.3. The molecule has 0 aliphatic carbocycles. The standard InChI is InChI=1S/C25H27ClO6S/c1-6-9-15(2)31-22-18-13-12-17(33(28)21-11-8-7-10-20(21)26)14-19(18)23(32-16(3)27)25(30-5)24(22)29-4/h7-8,10-15H,6,9H2,1-5H3. The molecule has 0 bridgehead atoms. The second-order valence-electron chi connectivity index (χ2n) is 7.44. The number of hydrogen-bond donors (Lipinski definition) is 0. The van der Waals surface area contributed by atoms with E-state index in [1.54, 1.807) is 42.5 Å². The molecule has 3 aromatic carbocycles. The van der Waals surface area contributed by atoms with Crippen LogP contribution in [0.5, 0.6) is 23.0 Å². The minimum atomic E-state index is -1.56. The summed E-state index contributed by atoms with van der Waals surface area (Å²) in [6, 6.07) is 12.2. The Labute approximate surface area is 201 Å². The van der Waals surface area contributed by atoms with Gasteiger partial charge in [0.15, 0.2) is 11.5 Å². The van der Waals surface area contributed by atoms with Crippen molar-refractivity contribution in [3.05, 3.63) is 47.5 Å². The predicted octanol–water partition coefficient (Wildman–Crippen LogP) is 6.17. The van der Waals surface area contributed by atoms with E-state index in [1.165, 1.54) is 21.1 Å². The van der Waals surface area contributed by atoms with Gasteiger partial charge in [0.1, 0.15) is 0 Å². The second kappa shape index (κ2) is 10.9. The van der Waals surface area contributed by atoms with Crippen molar-refractivity contribution in [2.75, 3.05) is 14.2 Å². The molecule has 0 saturated carbocycles. The fourth-order valence-electron chi connectivity index (χ4n) is 3.60. The molecule has 8 heteroatoms. The molecule has 0 saturated heterocycles. The number of fused-ring (bicyclic) bond motifs is 1. The fraction of sp³-hybridized carbons (Fsp3) is 0.320. The Morgan fingerprint density at radius 3 is 2.27 bits per heavy atom. The van der Waals surface area contributed by atoms with Gasteiger partial charge in [0.25, 0.3) is 0 Å². The van der Waals surface area contributed by atoms with Crippen molar-refractivity contribution in [3.8, 4) is 23.0 Å². The third-order valence-electron chi connectivity index (χ3n) is 5.02. The summed E-state index contributed by atoms with van der Waals surface area (Å²) in [5, 5.41) is 1.56. The summed E-state index contributed by atoms with van der Waals surface area (Å²) in [6.07, 6.45) is 1.70. The lowest BCUT2D eigenvalue weighted by molar-refractivity contribution is -0.131. The van der Waals surface area contributed by atoms with Crippen molar-refractivity contribution >= 4 is 39.1 Å². The maximum atomic E-state index is 13.3. The first-order chi connectivity index (χ1) is 15.8. The van der Waals surface area contributed by atoms with Gasteiger partial charge >= 0.3 is 5.97 Å². The van der Waals surface area contributed by atoms with E-state index < -0.39 is 16.8 Å². The molecule has 0 heterocycles. The van der Waals surface area contributed by atoms with Gasteiger partial charge in [-0.05, 0) is 43.7 Å². The molecule has 176 valence electrons. The molecule has 0 spiro atoms. The van der Waals surface area contributed by atoms with Crippen LogP contribution in [0.3, 0.4) is 0 Å². The number of hydrogen-bond acceptors (Lipinski definition) is 6. The number of halogens is 1. The number of carbonyl (C=O) groups is 1. The smallest absolute Gasteiger partial charge is 0.308 e. The third kappa shape index (κ3) is 5.25. The lowest BCUT2D eigenvalue weighted by atomic mass is 10.1. The first kappa shape index (κ1) is 24.9. The lowest BCUT2D eigenvalue weighted by Crippen LogP contribution is -2.13. The molecule has 0 fully saturated rings. The summed E-state index contributed by atoms with van der Waals surface area (Å²) >= 11 is 6.27. The van der Waals surface area contributed by atoms with E-state index in [0.29, 0.717) is 37.1 Å². The van der Waals surface area contributed by atoms with Gasteiger partial charge in [-0.2, -0.15) is 0 Å². The second-order valence-corrected chi connectivity index (χ2v) is 9.30. The van der Waals surface area contributed by atoms with Crippen molar-refractivity contribution in [3.63, 3.8) is 0 Å². The van der Waals surface area contributed by atoms with Crippen molar-refractivity contribution in [2.45, 2.75) is 49.5 Å². The molecule has 3 rings (SSSR count). The number of methoxy groups -OCH3 is 2. The largest absolute Gasteiger partial charge is 0.490 e. The van der Waals surface area contributed by atoms with Crippen LogP contribution in [0.4, 0.5) is 0 Å². The average Bonchev–Trinajstić information content (AvgIpc) is 2.79. The summed E-state index contributed by atoms with van der Waals surface area (Å²) in [6.45, 7) is 5.36. The minimum absolute atomic E-state index is 0.0895. The van der Waals surface area contributed by atoms with Gasteiger partial charge in [0.2, 0.25) is 11.5 Å². The van der Waals surface area contributed by atoms with E-state index >= 15 is 0 Å². The highest BCUT2D eigenvalue weighted by atomic mass is 35.5. The molecule has 33 heavy (non-hydrogen) atoms. The topological polar surface area (TPSA) is 71.1 Å². The Bertz CT molecular complexity index is 1190. The number of ether oxygens (including phenoxy) is 4. The van der Waals surface area contributed by atoms with Crippen LogP contribution in [0.25, 0.3) is 10.8 Å². The van der Waals surface area contributed by atoms with E-state index in [2.05, 4.69) is 6.92 Å². The Kier molecular flexibility index (Phi) is 8.21. The monoisotopic (exact) mass is 490 g/mol. The number of esters is 1. The minimum Gasteiger partial charge on any atom is -0.490 e. The van der Waals surface area contributed by atoms with Gasteiger partial charge < -0.3 is 18.9 Å². The van der Waals surface area contributed by atoms with Gasteiger partial charge in [-0.1, -0.05) is 37.1 Å². The molecular weight excluding hydrogens is 464 g/mol. The van der Waals surface area contributed by atoms with Gasteiger partial charge in [-0.25, -0.2) is 4.21 Å². The zero-order valence-electron chi connectivity index (χ0n) is 19.3. The molecule has 2 atom stereocenters. The predicted molar refractivity (Wildman–Crippen MR) is 129 cm³/mol. The highest BCUT2D eigenvalue weighted by molar-refractivity contribution is 7.85. The van der Waals surface area contributed by atoms with Crippen molar-refractivity contribution in [1.29, 1.82) is 0 Å². The number of benzene rings is 3. The number of rotatable bonds is 9. The molecule has 3 aromatic rings. The number of carbonyl (C=O) groups excluding carboxylic acids is 1. The molecule has 0 aliphatic rings. The highest BCUT2D eigenvalue weighted by Crippen LogP contribution is 2.52. The van der Waals surface area contributed by atoms with Crippen LogP contribution in [0.1, 0.15) is 33.6 Å². The van der Waals surface area contributed by atoms with Crippen molar-refractivity contribution < 1.29 is 28.0 Å². The molecule has 0 aromatic heterocycles. The Morgan fingerprint density at radius 1 is 1.00 bits per heavy atom. The maximum Gasteiger partial charge on any atom is 0.308 e. The van der Waals surface area contributed by atoms with Crippen molar-refractivity contribution in [2.24, 2.45) is 0 Å². The van der Waals surface area contributed by atoms with E-state index in [9.17, 15) is 9.00 Å². The Balaban J connectivity index is 2.30. The SMILES string of the molecule is CCCC(C)Oc1c(OC)c(OC)c(OC(C)=O)c2cc(S(=O)c3ccccc3Cl)ccc12. The fourth-order valence-corrected chi connectivity index (χ4v) is 5.06. The summed E-state index contributed by atoms with van der Waals surface area (Å²) < 4.78 is 36.3.